The molecule has 0 aromatic carbocycles. The highest BCUT2D eigenvalue weighted by Crippen LogP contribution is 2.41. The first-order valence-electron chi connectivity index (χ1n) is 7.27. The fraction of sp³-hybridized carbons (Fsp3) is 0.333. The molecule has 0 saturated carbocycles. The van der Waals surface area contributed by atoms with E-state index in [4.69, 9.17) is 20.5 Å². The summed E-state index contributed by atoms with van der Waals surface area (Å²) in [5.41, 5.74) is -0.155. The molecule has 0 radical (unpaired) electrons. The Kier molecular flexibility index (Phi) is 5.15. The highest BCUT2D eigenvalue weighted by atomic mass is 32.2. The molecule has 2 rings (SSSR count). The average molecular weight is 334 g/mol. The Morgan fingerprint density at radius 3 is 2.58 bits per heavy atom. The Balaban J connectivity index is 2.36. The second kappa shape index (κ2) is 7.10. The number of nitrogens with zero attached hydrogens (tertiary/aromatic N) is 4. The van der Waals surface area contributed by atoms with E-state index in [0.29, 0.717) is 12.0 Å². The predicted molar refractivity (Wildman–Crippen MR) is 89.5 cm³/mol. The fourth-order valence-electron chi connectivity index (χ4n) is 2.52. The third-order valence-corrected chi connectivity index (χ3v) is 4.95. The molecular formula is C18H14N4OS. The molecule has 24 heavy (non-hydrogen) atoms. The minimum atomic E-state index is -0.800. The summed E-state index contributed by atoms with van der Waals surface area (Å²) < 4.78 is 5.70. The van der Waals surface area contributed by atoms with E-state index >= 15 is 0 Å². The van der Waals surface area contributed by atoms with Gasteiger partial charge >= 0.3 is 0 Å². The van der Waals surface area contributed by atoms with Crippen LogP contribution < -0.4 is 0 Å². The number of rotatable bonds is 3. The lowest BCUT2D eigenvalue weighted by molar-refractivity contribution is 0.0954. The van der Waals surface area contributed by atoms with Crippen LogP contribution in [-0.4, -0.2) is 10.9 Å². The summed E-state index contributed by atoms with van der Waals surface area (Å²) >= 11 is 1.63. The topological polar surface area (TPSA) is 104 Å². The molecule has 0 aromatic rings. The quantitative estimate of drug-likeness (QED) is 0.727. The molecule has 0 aliphatic carbocycles. The van der Waals surface area contributed by atoms with E-state index in [9.17, 15) is 5.26 Å². The number of hydrogen-bond donors (Lipinski definition) is 0. The number of ether oxygens (including phenoxy) is 1. The van der Waals surface area contributed by atoms with Crippen LogP contribution in [0.5, 0.6) is 0 Å². The van der Waals surface area contributed by atoms with Crippen molar-refractivity contribution >= 4 is 11.8 Å². The maximum atomic E-state index is 9.45. The lowest BCUT2D eigenvalue weighted by Gasteiger charge is -2.20. The number of hydrogen-bond acceptors (Lipinski definition) is 6. The van der Waals surface area contributed by atoms with Gasteiger partial charge in [0, 0.05) is 22.1 Å². The number of allylic oxidation sites excluding steroid dienone is 4. The first-order chi connectivity index (χ1) is 11.5. The van der Waals surface area contributed by atoms with Gasteiger partial charge in [0.15, 0.2) is 11.3 Å². The van der Waals surface area contributed by atoms with Gasteiger partial charge in [-0.05, 0) is 26.3 Å². The zero-order valence-electron chi connectivity index (χ0n) is 13.3. The minimum Gasteiger partial charge on any atom is -0.480 e. The molecule has 5 nitrogen and oxygen atoms in total. The van der Waals surface area contributed by atoms with Crippen molar-refractivity contribution in [1.82, 2.24) is 0 Å². The predicted octanol–water partition coefficient (Wildman–Crippen LogP) is 3.78. The van der Waals surface area contributed by atoms with Gasteiger partial charge in [-0.15, -0.1) is 11.8 Å². The summed E-state index contributed by atoms with van der Waals surface area (Å²) in [6.45, 7) is 3.58. The van der Waals surface area contributed by atoms with Crippen molar-refractivity contribution in [2.45, 2.75) is 37.5 Å². The third kappa shape index (κ3) is 3.36. The van der Waals surface area contributed by atoms with Crippen LogP contribution in [-0.2, 0) is 4.74 Å². The fourth-order valence-corrected chi connectivity index (χ4v) is 3.59. The van der Waals surface area contributed by atoms with Crippen LogP contribution in [0, 0.1) is 45.3 Å². The molecule has 2 aliphatic heterocycles. The lowest BCUT2D eigenvalue weighted by Crippen LogP contribution is -2.20. The third-order valence-electron chi connectivity index (χ3n) is 3.68. The highest BCUT2D eigenvalue weighted by Gasteiger charge is 2.38. The van der Waals surface area contributed by atoms with Crippen molar-refractivity contribution in [2.24, 2.45) is 0 Å². The minimum absolute atomic E-state index is 0.0440. The smallest absolute Gasteiger partial charge is 0.172 e. The summed E-state index contributed by atoms with van der Waals surface area (Å²) in [6, 6.07) is 7.76. The van der Waals surface area contributed by atoms with Gasteiger partial charge in [-0.3, -0.25) is 0 Å². The molecule has 2 aliphatic rings. The summed E-state index contributed by atoms with van der Waals surface area (Å²) in [7, 11) is 0. The van der Waals surface area contributed by atoms with Gasteiger partial charge in [0.25, 0.3) is 0 Å². The maximum absolute atomic E-state index is 9.45. The molecule has 118 valence electrons. The summed E-state index contributed by atoms with van der Waals surface area (Å²) in [6.07, 6.45) is 7.10. The van der Waals surface area contributed by atoms with E-state index in [1.165, 1.54) is 0 Å². The molecular weight excluding hydrogens is 320 g/mol. The first-order valence-corrected chi connectivity index (χ1v) is 8.15. The number of nitriles is 4. The Hall–Kier alpha value is -2.93. The van der Waals surface area contributed by atoms with Crippen LogP contribution in [0.15, 0.2) is 45.6 Å². The molecule has 0 spiro atoms. The second-order valence-corrected chi connectivity index (χ2v) is 7.09. The van der Waals surface area contributed by atoms with Crippen molar-refractivity contribution in [3.63, 3.8) is 0 Å². The Bertz CT molecular complexity index is 831. The number of thioether (sulfide) groups is 1. The lowest BCUT2D eigenvalue weighted by atomic mass is 9.94. The zero-order valence-corrected chi connectivity index (χ0v) is 14.1. The Labute approximate surface area is 145 Å². The van der Waals surface area contributed by atoms with Gasteiger partial charge in [-0.1, -0.05) is 12.2 Å². The van der Waals surface area contributed by atoms with Crippen LogP contribution in [0.3, 0.4) is 0 Å². The van der Waals surface area contributed by atoms with E-state index in [2.05, 4.69) is 12.1 Å². The van der Waals surface area contributed by atoms with Gasteiger partial charge < -0.3 is 4.74 Å². The molecule has 1 atom stereocenters. The molecule has 0 N–H and O–H groups in total. The standard InChI is InChI=1S/C18H14N4OS/c1-18(2)16(6-5-13-3-4-14(24-13)7-8-19)15(11-22)17(23-18)12(9-20)10-21/h3,5-6,14H,4,7H2,1-2H3/b6-5+. The van der Waals surface area contributed by atoms with E-state index in [1.54, 1.807) is 43.8 Å². The molecule has 0 saturated heterocycles. The van der Waals surface area contributed by atoms with E-state index in [0.717, 1.165) is 11.3 Å². The van der Waals surface area contributed by atoms with Crippen LogP contribution in [0.1, 0.15) is 26.7 Å². The highest BCUT2D eigenvalue weighted by molar-refractivity contribution is 8.04. The van der Waals surface area contributed by atoms with Crippen LogP contribution in [0.4, 0.5) is 0 Å². The van der Waals surface area contributed by atoms with Crippen molar-refractivity contribution in [3.05, 3.63) is 45.6 Å². The van der Waals surface area contributed by atoms with Crippen molar-refractivity contribution in [3.8, 4) is 24.3 Å². The molecule has 0 amide bonds. The SMILES string of the molecule is CC1(C)OC(=C(C#N)C#N)C(C#N)=C1/C=C/C1=CCC(CC#N)S1. The van der Waals surface area contributed by atoms with Crippen molar-refractivity contribution < 1.29 is 4.74 Å². The molecule has 0 aromatic heterocycles. The normalized spacial score (nSPS) is 21.5. The van der Waals surface area contributed by atoms with E-state index in [-0.39, 0.29) is 22.2 Å². The van der Waals surface area contributed by atoms with Gasteiger partial charge in [-0.2, -0.15) is 21.0 Å². The molecule has 1 unspecified atom stereocenters. The molecule has 2 heterocycles. The zero-order chi connectivity index (χ0) is 17.7. The first kappa shape index (κ1) is 17.4. The van der Waals surface area contributed by atoms with Crippen LogP contribution in [0.2, 0.25) is 0 Å². The molecule has 0 bridgehead atoms. The van der Waals surface area contributed by atoms with Crippen molar-refractivity contribution in [1.29, 1.82) is 21.0 Å². The van der Waals surface area contributed by atoms with Crippen LogP contribution >= 0.6 is 11.8 Å². The maximum Gasteiger partial charge on any atom is 0.172 e. The average Bonchev–Trinajstić information content (AvgIpc) is 3.08. The summed E-state index contributed by atoms with van der Waals surface area (Å²) in [5.74, 6) is 0.0440. The largest absolute Gasteiger partial charge is 0.480 e. The van der Waals surface area contributed by atoms with Gasteiger partial charge in [0.1, 0.15) is 29.4 Å². The monoisotopic (exact) mass is 334 g/mol. The molecule has 6 heteroatoms. The van der Waals surface area contributed by atoms with Gasteiger partial charge in [0.05, 0.1) is 6.07 Å². The van der Waals surface area contributed by atoms with Gasteiger partial charge in [-0.25, -0.2) is 0 Å². The Morgan fingerprint density at radius 1 is 1.29 bits per heavy atom. The van der Waals surface area contributed by atoms with Gasteiger partial charge in [0.2, 0.25) is 0 Å². The van der Waals surface area contributed by atoms with Crippen molar-refractivity contribution in [2.75, 3.05) is 0 Å². The Morgan fingerprint density at radius 2 is 2.00 bits per heavy atom. The summed E-state index contributed by atoms with van der Waals surface area (Å²) in [5, 5.41) is 36.6. The molecule has 0 fully saturated rings. The van der Waals surface area contributed by atoms with E-state index < -0.39 is 5.60 Å². The van der Waals surface area contributed by atoms with E-state index in [1.807, 2.05) is 12.1 Å². The summed E-state index contributed by atoms with van der Waals surface area (Å²) in [4.78, 5) is 1.04. The second-order valence-electron chi connectivity index (χ2n) is 5.72. The van der Waals surface area contributed by atoms with Crippen LogP contribution in [0.25, 0.3) is 0 Å².